The van der Waals surface area contributed by atoms with E-state index in [9.17, 15) is 0 Å². The standard InChI is InChI=1S/C15H26N2O2/c1-4-17(10-14-7-5-6-8-18-14)9-13-11-19-15(16-13)12(2)3/h11-12,14H,4-10H2,1-3H3/t14-/m1/s1. The van der Waals surface area contributed by atoms with Gasteiger partial charge >= 0.3 is 0 Å². The minimum Gasteiger partial charge on any atom is -0.448 e. The topological polar surface area (TPSA) is 38.5 Å². The van der Waals surface area contributed by atoms with E-state index < -0.39 is 0 Å². The molecule has 0 N–H and O–H groups in total. The highest BCUT2D eigenvalue weighted by molar-refractivity contribution is 4.99. The molecule has 0 unspecified atom stereocenters. The molecule has 1 fully saturated rings. The molecule has 1 aliphatic heterocycles. The smallest absolute Gasteiger partial charge is 0.196 e. The van der Waals surface area contributed by atoms with Crippen LogP contribution in [0, 0.1) is 0 Å². The normalized spacial score (nSPS) is 20.4. The van der Waals surface area contributed by atoms with Gasteiger partial charge in [-0.05, 0) is 25.8 Å². The minimum atomic E-state index is 0.352. The summed E-state index contributed by atoms with van der Waals surface area (Å²) in [6.45, 7) is 10.2. The maximum absolute atomic E-state index is 5.81. The Hall–Kier alpha value is -0.870. The van der Waals surface area contributed by atoms with Crippen LogP contribution in [0.2, 0.25) is 0 Å². The van der Waals surface area contributed by atoms with Gasteiger partial charge in [-0.1, -0.05) is 20.8 Å². The van der Waals surface area contributed by atoms with Crippen molar-refractivity contribution in [2.75, 3.05) is 19.7 Å². The predicted molar refractivity (Wildman–Crippen MR) is 75.1 cm³/mol. The molecule has 108 valence electrons. The van der Waals surface area contributed by atoms with Crippen LogP contribution in [0.3, 0.4) is 0 Å². The zero-order chi connectivity index (χ0) is 13.7. The van der Waals surface area contributed by atoms with Gasteiger partial charge in [0.05, 0.1) is 11.8 Å². The highest BCUT2D eigenvalue weighted by Crippen LogP contribution is 2.17. The van der Waals surface area contributed by atoms with Crippen LogP contribution >= 0.6 is 0 Å². The molecule has 1 aliphatic rings. The maximum Gasteiger partial charge on any atom is 0.196 e. The van der Waals surface area contributed by atoms with Crippen LogP contribution in [0.25, 0.3) is 0 Å². The number of aromatic nitrogens is 1. The monoisotopic (exact) mass is 266 g/mol. The van der Waals surface area contributed by atoms with E-state index in [0.29, 0.717) is 12.0 Å². The second kappa shape index (κ2) is 7.06. The largest absolute Gasteiger partial charge is 0.448 e. The lowest BCUT2D eigenvalue weighted by atomic mass is 10.1. The number of hydrogen-bond donors (Lipinski definition) is 0. The van der Waals surface area contributed by atoms with Crippen LogP contribution in [0.1, 0.15) is 57.5 Å². The third kappa shape index (κ3) is 4.32. The second-order valence-corrected chi connectivity index (χ2v) is 5.65. The highest BCUT2D eigenvalue weighted by Gasteiger charge is 2.18. The SMILES string of the molecule is CCN(Cc1coc(C(C)C)n1)C[C@H]1CCCCO1. The van der Waals surface area contributed by atoms with Crippen molar-refractivity contribution in [2.45, 2.75) is 58.6 Å². The Morgan fingerprint density at radius 1 is 1.42 bits per heavy atom. The van der Waals surface area contributed by atoms with Crippen molar-refractivity contribution in [1.29, 1.82) is 0 Å². The molecule has 0 radical (unpaired) electrons. The van der Waals surface area contributed by atoms with Gasteiger partial charge < -0.3 is 9.15 Å². The van der Waals surface area contributed by atoms with Crippen molar-refractivity contribution in [3.8, 4) is 0 Å². The molecule has 0 aliphatic carbocycles. The molecule has 4 heteroatoms. The first kappa shape index (κ1) is 14.5. The van der Waals surface area contributed by atoms with Crippen molar-refractivity contribution < 1.29 is 9.15 Å². The average Bonchev–Trinajstić information content (AvgIpc) is 2.88. The lowest BCUT2D eigenvalue weighted by Crippen LogP contribution is -2.35. The molecule has 0 amide bonds. The first-order chi connectivity index (χ1) is 9.19. The minimum absolute atomic E-state index is 0.352. The zero-order valence-corrected chi connectivity index (χ0v) is 12.4. The molecule has 0 saturated carbocycles. The van der Waals surface area contributed by atoms with E-state index in [2.05, 4.69) is 30.7 Å². The summed E-state index contributed by atoms with van der Waals surface area (Å²) in [6.07, 6.45) is 5.88. The van der Waals surface area contributed by atoms with E-state index in [-0.39, 0.29) is 0 Å². The zero-order valence-electron chi connectivity index (χ0n) is 12.4. The van der Waals surface area contributed by atoms with Gasteiger partial charge in [0.25, 0.3) is 0 Å². The molecule has 1 atom stereocenters. The van der Waals surface area contributed by atoms with E-state index in [1.54, 1.807) is 6.26 Å². The molecular weight excluding hydrogens is 240 g/mol. The number of likely N-dealkylation sites (N-methyl/N-ethyl adjacent to an activating group) is 1. The lowest BCUT2D eigenvalue weighted by Gasteiger charge is -2.28. The van der Waals surface area contributed by atoms with Crippen molar-refractivity contribution in [2.24, 2.45) is 0 Å². The average molecular weight is 266 g/mol. The first-order valence-electron chi connectivity index (χ1n) is 7.47. The Morgan fingerprint density at radius 2 is 2.26 bits per heavy atom. The molecule has 1 aromatic rings. The molecule has 2 heterocycles. The Kier molecular flexibility index (Phi) is 5.40. The van der Waals surface area contributed by atoms with Gasteiger partial charge in [-0.25, -0.2) is 4.98 Å². The van der Waals surface area contributed by atoms with E-state index in [1.165, 1.54) is 19.3 Å². The lowest BCUT2D eigenvalue weighted by molar-refractivity contribution is -0.00642. The number of oxazole rings is 1. The summed E-state index contributed by atoms with van der Waals surface area (Å²) >= 11 is 0. The van der Waals surface area contributed by atoms with Gasteiger partial charge in [-0.2, -0.15) is 0 Å². The molecule has 1 aromatic heterocycles. The summed E-state index contributed by atoms with van der Waals surface area (Å²) in [5, 5.41) is 0. The summed E-state index contributed by atoms with van der Waals surface area (Å²) in [5.74, 6) is 1.19. The van der Waals surface area contributed by atoms with Gasteiger partial charge in [0.15, 0.2) is 5.89 Å². The van der Waals surface area contributed by atoms with Crippen molar-refractivity contribution in [3.63, 3.8) is 0 Å². The summed E-state index contributed by atoms with van der Waals surface area (Å²) < 4.78 is 11.3. The van der Waals surface area contributed by atoms with Gasteiger partial charge in [-0.15, -0.1) is 0 Å². The van der Waals surface area contributed by atoms with Crippen molar-refractivity contribution >= 4 is 0 Å². The fourth-order valence-electron chi connectivity index (χ4n) is 2.43. The van der Waals surface area contributed by atoms with E-state index in [1.807, 2.05) is 0 Å². The Bertz CT molecular complexity index is 370. The number of hydrogen-bond acceptors (Lipinski definition) is 4. The molecular formula is C15H26N2O2. The molecule has 19 heavy (non-hydrogen) atoms. The molecule has 0 aromatic carbocycles. The summed E-state index contributed by atoms with van der Waals surface area (Å²) in [6, 6.07) is 0. The predicted octanol–water partition coefficient (Wildman–Crippen LogP) is 3.19. The third-order valence-electron chi connectivity index (χ3n) is 3.63. The molecule has 4 nitrogen and oxygen atoms in total. The van der Waals surface area contributed by atoms with Crippen molar-refractivity contribution in [1.82, 2.24) is 9.88 Å². The van der Waals surface area contributed by atoms with Crippen LogP contribution in [0.5, 0.6) is 0 Å². The molecule has 0 bridgehead atoms. The number of nitrogens with zero attached hydrogens (tertiary/aromatic N) is 2. The van der Waals surface area contributed by atoms with Crippen LogP contribution in [-0.4, -0.2) is 35.7 Å². The molecule has 2 rings (SSSR count). The van der Waals surface area contributed by atoms with E-state index in [4.69, 9.17) is 9.15 Å². The van der Waals surface area contributed by atoms with Gasteiger partial charge in [0.1, 0.15) is 6.26 Å². The third-order valence-corrected chi connectivity index (χ3v) is 3.63. The number of rotatable bonds is 6. The van der Waals surface area contributed by atoms with Crippen molar-refractivity contribution in [3.05, 3.63) is 17.8 Å². The fraction of sp³-hybridized carbons (Fsp3) is 0.800. The molecule has 1 saturated heterocycles. The second-order valence-electron chi connectivity index (χ2n) is 5.65. The van der Waals surface area contributed by atoms with Gasteiger partial charge in [0, 0.05) is 25.6 Å². The van der Waals surface area contributed by atoms with Crippen LogP contribution in [0.4, 0.5) is 0 Å². The van der Waals surface area contributed by atoms with E-state index in [0.717, 1.165) is 37.8 Å². The molecule has 0 spiro atoms. The summed E-state index contributed by atoms with van der Waals surface area (Å²) in [5.41, 5.74) is 1.03. The fourth-order valence-corrected chi connectivity index (χ4v) is 2.43. The Morgan fingerprint density at radius 3 is 2.84 bits per heavy atom. The Labute approximate surface area is 116 Å². The van der Waals surface area contributed by atoms with Gasteiger partial charge in [0.2, 0.25) is 0 Å². The summed E-state index contributed by atoms with van der Waals surface area (Å²) in [4.78, 5) is 6.93. The summed E-state index contributed by atoms with van der Waals surface area (Å²) in [7, 11) is 0. The Balaban J connectivity index is 1.86. The maximum atomic E-state index is 5.81. The highest BCUT2D eigenvalue weighted by atomic mass is 16.5. The van der Waals surface area contributed by atoms with E-state index >= 15 is 0 Å². The van der Waals surface area contributed by atoms with Crippen LogP contribution in [-0.2, 0) is 11.3 Å². The van der Waals surface area contributed by atoms with Gasteiger partial charge in [-0.3, -0.25) is 4.90 Å². The quantitative estimate of drug-likeness (QED) is 0.792. The first-order valence-corrected chi connectivity index (χ1v) is 7.47. The number of ether oxygens (including phenoxy) is 1. The van der Waals surface area contributed by atoms with Crippen LogP contribution < -0.4 is 0 Å². The van der Waals surface area contributed by atoms with Crippen LogP contribution in [0.15, 0.2) is 10.7 Å².